The third-order valence-corrected chi connectivity index (χ3v) is 9.06. The lowest BCUT2D eigenvalue weighted by molar-refractivity contribution is 0.0374. The molecular weight excluding hydrogens is 249 g/mol. The maximum absolute atomic E-state index is 5.90. The molecule has 0 radical (unpaired) electrons. The summed E-state index contributed by atoms with van der Waals surface area (Å²) in [4.78, 5) is 2.54. The van der Waals surface area contributed by atoms with E-state index in [0.29, 0.717) is 0 Å². The standard InChI is InChI=1S/C13H26NOPS/c17-16(11-3-1-4-12-16)13-5-2-6-14-7-9-15-10-8-14/h1-13H2. The Labute approximate surface area is 112 Å². The van der Waals surface area contributed by atoms with Crippen molar-refractivity contribution in [1.29, 1.82) is 0 Å². The van der Waals surface area contributed by atoms with Crippen molar-refractivity contribution in [1.82, 2.24) is 4.90 Å². The highest BCUT2D eigenvalue weighted by molar-refractivity contribution is 8.42. The van der Waals surface area contributed by atoms with Crippen LogP contribution in [0.3, 0.4) is 0 Å². The fraction of sp³-hybridized carbons (Fsp3) is 1.00. The van der Waals surface area contributed by atoms with E-state index >= 15 is 0 Å². The molecule has 0 aromatic rings. The summed E-state index contributed by atoms with van der Waals surface area (Å²) in [5.41, 5.74) is 0. The van der Waals surface area contributed by atoms with Gasteiger partial charge >= 0.3 is 0 Å². The maximum atomic E-state index is 5.90. The van der Waals surface area contributed by atoms with Crippen LogP contribution in [0.4, 0.5) is 0 Å². The average Bonchev–Trinajstić information content (AvgIpc) is 2.37. The number of nitrogens with zero attached hydrogens (tertiary/aromatic N) is 1. The van der Waals surface area contributed by atoms with Crippen molar-refractivity contribution in [2.24, 2.45) is 0 Å². The van der Waals surface area contributed by atoms with Crippen LogP contribution in [-0.2, 0) is 17.0 Å². The van der Waals surface area contributed by atoms with Crippen LogP contribution in [0.25, 0.3) is 0 Å². The topological polar surface area (TPSA) is 12.5 Å². The number of ether oxygens (including phenoxy) is 1. The summed E-state index contributed by atoms with van der Waals surface area (Å²) >= 11 is 5.90. The number of morpholine rings is 1. The largest absolute Gasteiger partial charge is 0.556 e. The first kappa shape index (κ1) is 14.1. The molecule has 2 fully saturated rings. The summed E-state index contributed by atoms with van der Waals surface area (Å²) in [7, 11) is 0. The molecule has 100 valence electrons. The molecule has 0 aliphatic carbocycles. The highest BCUT2D eigenvalue weighted by Gasteiger charge is 2.25. The van der Waals surface area contributed by atoms with E-state index in [-0.39, 0.29) is 0 Å². The lowest BCUT2D eigenvalue weighted by Gasteiger charge is -2.37. The van der Waals surface area contributed by atoms with E-state index in [1.54, 1.807) is 0 Å². The van der Waals surface area contributed by atoms with E-state index in [2.05, 4.69) is 4.90 Å². The van der Waals surface area contributed by atoms with Crippen LogP contribution in [0.1, 0.15) is 32.1 Å². The van der Waals surface area contributed by atoms with Crippen molar-refractivity contribution in [3.8, 4) is 0 Å². The molecule has 0 amide bonds. The molecule has 0 atom stereocenters. The van der Waals surface area contributed by atoms with Crippen molar-refractivity contribution in [3.63, 3.8) is 0 Å². The molecule has 2 saturated heterocycles. The van der Waals surface area contributed by atoms with Crippen LogP contribution in [0, 0.1) is 0 Å². The number of hydrogen-bond donors (Lipinski definition) is 0. The molecule has 0 saturated carbocycles. The quantitative estimate of drug-likeness (QED) is 0.435. The molecule has 2 aliphatic heterocycles. The van der Waals surface area contributed by atoms with E-state index < -0.39 is 6.46 Å². The molecule has 0 N–H and O–H groups in total. The fourth-order valence-electron chi connectivity index (χ4n) is 2.87. The molecule has 2 nitrogen and oxygen atoms in total. The zero-order chi connectivity index (χ0) is 12.0. The van der Waals surface area contributed by atoms with Crippen molar-refractivity contribution < 1.29 is 4.74 Å². The lowest BCUT2D eigenvalue weighted by Crippen LogP contribution is -2.36. The van der Waals surface area contributed by atoms with Gasteiger partial charge in [0.05, 0.1) is 13.2 Å². The second-order valence-corrected chi connectivity index (χ2v) is 11.2. The second kappa shape index (κ2) is 7.33. The van der Waals surface area contributed by atoms with Crippen LogP contribution in [0.5, 0.6) is 0 Å². The van der Waals surface area contributed by atoms with Gasteiger partial charge in [-0.2, -0.15) is 0 Å². The smallest absolute Gasteiger partial charge is 0.0594 e. The third kappa shape index (κ3) is 5.06. The Morgan fingerprint density at radius 3 is 2.41 bits per heavy atom. The molecular formula is C13H26NOPS. The van der Waals surface area contributed by atoms with Gasteiger partial charge < -0.3 is 17.0 Å². The Morgan fingerprint density at radius 1 is 1.00 bits per heavy atom. The number of rotatable bonds is 5. The van der Waals surface area contributed by atoms with Gasteiger partial charge in [0.15, 0.2) is 0 Å². The molecule has 2 aliphatic rings. The van der Waals surface area contributed by atoms with E-state index in [0.717, 1.165) is 26.3 Å². The van der Waals surface area contributed by atoms with Crippen LogP contribution in [-0.4, -0.2) is 56.2 Å². The van der Waals surface area contributed by atoms with Gasteiger partial charge in [-0.05, 0) is 38.6 Å². The zero-order valence-corrected chi connectivity index (χ0v) is 12.6. The zero-order valence-electron chi connectivity index (χ0n) is 10.9. The summed E-state index contributed by atoms with van der Waals surface area (Å²) < 4.78 is 5.36. The van der Waals surface area contributed by atoms with Gasteiger partial charge in [-0.1, -0.05) is 0 Å². The monoisotopic (exact) mass is 275 g/mol. The number of unbranched alkanes of at least 4 members (excludes halogenated alkanes) is 1. The minimum atomic E-state index is -0.893. The highest BCUT2D eigenvalue weighted by Crippen LogP contribution is 2.60. The Hall–Kier alpha value is 0.700. The van der Waals surface area contributed by atoms with Crippen molar-refractivity contribution in [2.45, 2.75) is 32.1 Å². The van der Waals surface area contributed by atoms with E-state index in [4.69, 9.17) is 17.0 Å². The van der Waals surface area contributed by atoms with Crippen LogP contribution in [0.15, 0.2) is 0 Å². The van der Waals surface area contributed by atoms with E-state index in [1.165, 1.54) is 57.1 Å². The molecule has 0 unspecified atom stereocenters. The van der Waals surface area contributed by atoms with E-state index in [9.17, 15) is 0 Å². The third-order valence-electron chi connectivity index (χ3n) is 4.02. The number of hydrogen-bond acceptors (Lipinski definition) is 3. The second-order valence-electron chi connectivity index (χ2n) is 5.45. The Morgan fingerprint density at radius 2 is 1.71 bits per heavy atom. The van der Waals surface area contributed by atoms with Crippen LogP contribution < -0.4 is 0 Å². The molecule has 0 aromatic carbocycles. The first-order valence-corrected chi connectivity index (χ1v) is 10.5. The summed E-state index contributed by atoms with van der Waals surface area (Å²) in [6, 6.07) is 0. The Kier molecular flexibility index (Phi) is 6.09. The summed E-state index contributed by atoms with van der Waals surface area (Å²) in [5.74, 6) is 0. The molecule has 17 heavy (non-hydrogen) atoms. The van der Waals surface area contributed by atoms with Crippen molar-refractivity contribution in [3.05, 3.63) is 0 Å². The van der Waals surface area contributed by atoms with Gasteiger partial charge in [-0.15, -0.1) is 6.46 Å². The highest BCUT2D eigenvalue weighted by atomic mass is 32.7. The minimum Gasteiger partial charge on any atom is -0.556 e. The first-order valence-electron chi connectivity index (χ1n) is 7.16. The fourth-order valence-corrected chi connectivity index (χ4v) is 7.10. The van der Waals surface area contributed by atoms with Gasteiger partial charge in [0.1, 0.15) is 0 Å². The SMILES string of the molecule is [S-][P+]1(CCCCN2CCOCC2)CCCCC1. The van der Waals surface area contributed by atoms with Gasteiger partial charge in [0.2, 0.25) is 0 Å². The van der Waals surface area contributed by atoms with E-state index in [1.807, 2.05) is 0 Å². The molecule has 2 heterocycles. The van der Waals surface area contributed by atoms with Crippen molar-refractivity contribution in [2.75, 3.05) is 51.3 Å². The van der Waals surface area contributed by atoms with Crippen molar-refractivity contribution >= 4 is 18.7 Å². The molecule has 4 heteroatoms. The summed E-state index contributed by atoms with van der Waals surface area (Å²) in [6.07, 6.45) is 11.2. The van der Waals surface area contributed by atoms with Crippen LogP contribution in [0.2, 0.25) is 0 Å². The summed E-state index contributed by atoms with van der Waals surface area (Å²) in [6.45, 7) is 4.49. The Balaban J connectivity index is 1.55. The van der Waals surface area contributed by atoms with Gasteiger partial charge in [0.25, 0.3) is 0 Å². The normalized spacial score (nSPS) is 25.9. The lowest BCUT2D eigenvalue weighted by atomic mass is 10.3. The average molecular weight is 275 g/mol. The van der Waals surface area contributed by atoms with Gasteiger partial charge in [0, 0.05) is 31.6 Å². The molecule has 0 bridgehead atoms. The maximum Gasteiger partial charge on any atom is 0.0594 e. The van der Waals surface area contributed by atoms with Gasteiger partial charge in [-0.25, -0.2) is 0 Å². The summed E-state index contributed by atoms with van der Waals surface area (Å²) in [5, 5.41) is 0. The molecule has 2 rings (SSSR count). The molecule has 0 aromatic heterocycles. The van der Waals surface area contributed by atoms with Crippen LogP contribution >= 0.6 is 6.46 Å². The Bertz CT molecular complexity index is 215. The molecule has 0 spiro atoms. The predicted molar refractivity (Wildman–Crippen MR) is 79.2 cm³/mol. The minimum absolute atomic E-state index is 0.893. The first-order chi connectivity index (χ1) is 8.29. The predicted octanol–water partition coefficient (Wildman–Crippen LogP) is 2.76. The van der Waals surface area contributed by atoms with Gasteiger partial charge in [-0.3, -0.25) is 4.90 Å².